The lowest BCUT2D eigenvalue weighted by Gasteiger charge is -2.13. The number of hydrogen-bond donors (Lipinski definition) is 0. The Hall–Kier alpha value is -6.34. The summed E-state index contributed by atoms with van der Waals surface area (Å²) in [7, 11) is 0. The normalized spacial score (nSPS) is 12.2. The van der Waals surface area contributed by atoms with Crippen LogP contribution in [0.25, 0.3) is 113 Å². The number of nitrogens with zero attached hydrogens (tertiary/aromatic N) is 3. The molecule has 0 spiro atoms. The molecule has 5 aromatic heterocycles. The van der Waals surface area contributed by atoms with Gasteiger partial charge >= 0.3 is 0 Å². The molecular formula is C46H25N3OS2. The fraction of sp³-hybridized carbons (Fsp3) is 0. The van der Waals surface area contributed by atoms with Gasteiger partial charge in [-0.3, -0.25) is 4.57 Å². The van der Waals surface area contributed by atoms with Crippen LogP contribution in [-0.2, 0) is 0 Å². The average molecular weight is 700 g/mol. The van der Waals surface area contributed by atoms with Crippen LogP contribution in [0, 0.1) is 0 Å². The first-order chi connectivity index (χ1) is 25.8. The monoisotopic (exact) mass is 699 g/mol. The third-order valence-electron chi connectivity index (χ3n) is 10.5. The van der Waals surface area contributed by atoms with Crippen LogP contribution in [0.4, 0.5) is 0 Å². The van der Waals surface area contributed by atoms with Crippen LogP contribution in [0.3, 0.4) is 0 Å². The van der Waals surface area contributed by atoms with Crippen molar-refractivity contribution in [1.29, 1.82) is 0 Å². The van der Waals surface area contributed by atoms with Crippen LogP contribution in [-0.4, -0.2) is 14.5 Å². The molecule has 0 saturated heterocycles. The van der Waals surface area contributed by atoms with Crippen LogP contribution in [0.1, 0.15) is 0 Å². The van der Waals surface area contributed by atoms with Crippen molar-refractivity contribution in [2.45, 2.75) is 0 Å². The van der Waals surface area contributed by atoms with Gasteiger partial charge in [0.05, 0.1) is 16.9 Å². The van der Waals surface area contributed by atoms with E-state index in [1.807, 2.05) is 34.8 Å². The van der Waals surface area contributed by atoms with Gasteiger partial charge in [-0.1, -0.05) is 115 Å². The van der Waals surface area contributed by atoms with Gasteiger partial charge in [-0.25, -0.2) is 9.97 Å². The SMILES string of the molecule is c1ccc2c(c1)oc1c2ccc2c3ccccc3n(-c3nc(-c4cccc5c4sc4ccccc45)cc(-c4cccc5c4sc4ccccc45)n3)c21. The summed E-state index contributed by atoms with van der Waals surface area (Å²) in [6, 6.07) is 53.9. The molecule has 0 atom stereocenters. The van der Waals surface area contributed by atoms with E-state index in [1.165, 1.54) is 40.3 Å². The number of rotatable bonds is 3. The fourth-order valence-corrected chi connectivity index (χ4v) is 10.6. The maximum Gasteiger partial charge on any atom is 0.235 e. The summed E-state index contributed by atoms with van der Waals surface area (Å²) in [5.74, 6) is 0.614. The summed E-state index contributed by atoms with van der Waals surface area (Å²) in [6.07, 6.45) is 0. The Labute approximate surface area is 304 Å². The highest BCUT2D eigenvalue weighted by Crippen LogP contribution is 2.44. The number of furan rings is 1. The highest BCUT2D eigenvalue weighted by atomic mass is 32.1. The van der Waals surface area contributed by atoms with Crippen molar-refractivity contribution in [3.8, 4) is 28.5 Å². The zero-order chi connectivity index (χ0) is 33.9. The van der Waals surface area contributed by atoms with Gasteiger partial charge in [-0.2, -0.15) is 0 Å². The van der Waals surface area contributed by atoms with E-state index in [4.69, 9.17) is 14.4 Å². The molecular weight excluding hydrogens is 675 g/mol. The zero-order valence-corrected chi connectivity index (χ0v) is 29.1. The summed E-state index contributed by atoms with van der Waals surface area (Å²) < 4.78 is 13.9. The first-order valence-electron chi connectivity index (χ1n) is 17.3. The Morgan fingerprint density at radius 3 is 1.65 bits per heavy atom. The standard InChI is InChI=1S/C46H25N3OS2/c1-5-19-38-26(11-1)30-23-24-31-27-12-2-6-20-39(27)50-43(31)42(30)49(38)46-47-36(34-17-9-15-32-28-13-3-7-21-40(28)51-44(32)34)25-37(48-46)35-18-10-16-33-29-14-4-8-22-41(29)52-45(33)35/h1-25H. The first kappa shape index (κ1) is 28.4. The number of para-hydroxylation sites is 2. The fourth-order valence-electron chi connectivity index (χ4n) is 8.15. The van der Waals surface area contributed by atoms with Crippen LogP contribution in [0.15, 0.2) is 156 Å². The Balaban J connectivity index is 1.23. The molecule has 6 heteroatoms. The lowest BCUT2D eigenvalue weighted by Crippen LogP contribution is -2.04. The molecule has 0 aliphatic carbocycles. The van der Waals surface area contributed by atoms with E-state index in [0.717, 1.165) is 66.3 Å². The largest absolute Gasteiger partial charge is 0.454 e. The molecule has 0 N–H and O–H groups in total. The van der Waals surface area contributed by atoms with Crippen LogP contribution < -0.4 is 0 Å². The van der Waals surface area contributed by atoms with Crippen molar-refractivity contribution < 1.29 is 4.42 Å². The summed E-state index contributed by atoms with van der Waals surface area (Å²) in [6.45, 7) is 0. The molecule has 242 valence electrons. The Kier molecular flexibility index (Phi) is 5.78. The van der Waals surface area contributed by atoms with E-state index in [0.29, 0.717) is 5.95 Å². The minimum atomic E-state index is 0.614. The number of benzene rings is 7. The third kappa shape index (κ3) is 3.90. The lowest BCUT2D eigenvalue weighted by molar-refractivity contribution is 0.670. The topological polar surface area (TPSA) is 43.9 Å². The molecule has 0 aliphatic heterocycles. The van der Waals surface area contributed by atoms with Gasteiger partial charge < -0.3 is 4.42 Å². The molecule has 0 unspecified atom stereocenters. The van der Waals surface area contributed by atoms with E-state index >= 15 is 0 Å². The molecule has 5 heterocycles. The minimum absolute atomic E-state index is 0.614. The summed E-state index contributed by atoms with van der Waals surface area (Å²) >= 11 is 3.65. The number of hydrogen-bond acceptors (Lipinski definition) is 5. The van der Waals surface area contributed by atoms with Gasteiger partial charge in [0.2, 0.25) is 5.95 Å². The molecule has 0 saturated carbocycles. The average Bonchev–Trinajstić information content (AvgIpc) is 3.96. The molecule has 7 aromatic carbocycles. The number of aromatic nitrogens is 3. The molecule has 4 nitrogen and oxygen atoms in total. The minimum Gasteiger partial charge on any atom is -0.454 e. The molecule has 0 radical (unpaired) electrons. The second kappa shape index (κ2) is 10.6. The molecule has 0 aliphatic rings. The molecule has 0 bridgehead atoms. The predicted octanol–water partition coefficient (Wildman–Crippen LogP) is 13.5. The van der Waals surface area contributed by atoms with Crippen molar-refractivity contribution in [2.75, 3.05) is 0 Å². The van der Waals surface area contributed by atoms with Crippen LogP contribution >= 0.6 is 22.7 Å². The van der Waals surface area contributed by atoms with Crippen molar-refractivity contribution in [3.05, 3.63) is 152 Å². The molecule has 12 rings (SSSR count). The molecule has 52 heavy (non-hydrogen) atoms. The van der Waals surface area contributed by atoms with E-state index < -0.39 is 0 Å². The summed E-state index contributed by atoms with van der Waals surface area (Å²) in [5.41, 5.74) is 7.68. The van der Waals surface area contributed by atoms with Crippen molar-refractivity contribution in [1.82, 2.24) is 14.5 Å². The maximum absolute atomic E-state index is 6.70. The first-order valence-corrected chi connectivity index (χ1v) is 19.0. The van der Waals surface area contributed by atoms with Crippen LogP contribution in [0.5, 0.6) is 0 Å². The quantitative estimate of drug-likeness (QED) is 0.184. The summed E-state index contributed by atoms with van der Waals surface area (Å²) in [4.78, 5) is 11.0. The maximum atomic E-state index is 6.70. The van der Waals surface area contributed by atoms with Gasteiger partial charge in [-0.05, 0) is 36.4 Å². The predicted molar refractivity (Wildman–Crippen MR) is 220 cm³/mol. The van der Waals surface area contributed by atoms with Gasteiger partial charge in [0.25, 0.3) is 0 Å². The van der Waals surface area contributed by atoms with Crippen molar-refractivity contribution in [2.24, 2.45) is 0 Å². The van der Waals surface area contributed by atoms with Gasteiger partial charge in [0.1, 0.15) is 11.1 Å². The van der Waals surface area contributed by atoms with E-state index in [1.54, 1.807) is 0 Å². The Morgan fingerprint density at radius 1 is 0.442 bits per heavy atom. The second-order valence-corrected chi connectivity index (χ2v) is 15.4. The van der Waals surface area contributed by atoms with E-state index in [-0.39, 0.29) is 0 Å². The lowest BCUT2D eigenvalue weighted by atomic mass is 10.0. The number of fused-ring (bicyclic) bond motifs is 13. The molecule has 12 aromatic rings. The van der Waals surface area contributed by atoms with Crippen LogP contribution in [0.2, 0.25) is 0 Å². The highest BCUT2D eigenvalue weighted by Gasteiger charge is 2.23. The number of thiophene rings is 2. The van der Waals surface area contributed by atoms with E-state index in [9.17, 15) is 0 Å². The second-order valence-electron chi connectivity index (χ2n) is 13.3. The van der Waals surface area contributed by atoms with Crippen molar-refractivity contribution >= 4 is 107 Å². The van der Waals surface area contributed by atoms with Gasteiger partial charge in [0.15, 0.2) is 5.58 Å². The molecule has 0 fully saturated rings. The third-order valence-corrected chi connectivity index (χ3v) is 12.9. The smallest absolute Gasteiger partial charge is 0.235 e. The molecule has 0 amide bonds. The van der Waals surface area contributed by atoms with Gasteiger partial charge in [-0.15, -0.1) is 22.7 Å². The zero-order valence-electron chi connectivity index (χ0n) is 27.5. The van der Waals surface area contributed by atoms with Crippen molar-refractivity contribution in [3.63, 3.8) is 0 Å². The Morgan fingerprint density at radius 2 is 0.981 bits per heavy atom. The Bertz CT molecular complexity index is 3300. The van der Waals surface area contributed by atoms with Gasteiger partial charge in [0, 0.05) is 73.0 Å². The van der Waals surface area contributed by atoms with E-state index in [2.05, 4.69) is 144 Å². The summed E-state index contributed by atoms with van der Waals surface area (Å²) in [5, 5.41) is 9.43. The highest BCUT2D eigenvalue weighted by molar-refractivity contribution is 7.26.